The number of aliphatic imine (C=N–C) groups is 1. The first-order valence-electron chi connectivity index (χ1n) is 7.10. The van der Waals surface area contributed by atoms with E-state index < -0.39 is 0 Å². The van der Waals surface area contributed by atoms with Gasteiger partial charge in [-0.2, -0.15) is 0 Å². The van der Waals surface area contributed by atoms with Crippen molar-refractivity contribution in [2.45, 2.75) is 39.2 Å². The standard InChI is InChI=1S/C15H24N4/c1-12(2)17-15(16)18-13-6-8-14(9-7-13)19-10-4-3-5-11-19/h6-9,12H,3-5,10-11H2,1-2H3,(H3,16,17,18). The lowest BCUT2D eigenvalue weighted by Crippen LogP contribution is -2.29. The number of hydrogen-bond donors (Lipinski definition) is 2. The van der Waals surface area contributed by atoms with Gasteiger partial charge in [-0.1, -0.05) is 0 Å². The first kappa shape index (κ1) is 13.7. The zero-order valence-electron chi connectivity index (χ0n) is 11.9. The van der Waals surface area contributed by atoms with E-state index in [0.717, 1.165) is 5.69 Å². The highest BCUT2D eigenvalue weighted by Crippen LogP contribution is 2.21. The number of nitrogens with one attached hydrogen (secondary N) is 1. The van der Waals surface area contributed by atoms with Gasteiger partial charge in [0.2, 0.25) is 0 Å². The monoisotopic (exact) mass is 260 g/mol. The van der Waals surface area contributed by atoms with E-state index in [2.05, 4.69) is 39.5 Å². The van der Waals surface area contributed by atoms with Crippen LogP contribution in [0.1, 0.15) is 33.1 Å². The Kier molecular flexibility index (Phi) is 4.66. The summed E-state index contributed by atoms with van der Waals surface area (Å²) in [5, 5.41) is 3.11. The molecule has 1 aromatic carbocycles. The minimum atomic E-state index is 0.208. The number of guanidine groups is 1. The zero-order chi connectivity index (χ0) is 13.7. The van der Waals surface area contributed by atoms with Crippen molar-refractivity contribution in [3.63, 3.8) is 0 Å². The van der Waals surface area contributed by atoms with Gasteiger partial charge in [0.1, 0.15) is 0 Å². The molecule has 1 aliphatic heterocycles. The highest BCUT2D eigenvalue weighted by molar-refractivity contribution is 5.92. The summed E-state index contributed by atoms with van der Waals surface area (Å²) in [6.07, 6.45) is 3.96. The molecule has 3 N–H and O–H groups in total. The van der Waals surface area contributed by atoms with Crippen molar-refractivity contribution in [2.24, 2.45) is 10.7 Å². The lowest BCUT2D eigenvalue weighted by molar-refractivity contribution is 0.578. The second-order valence-corrected chi connectivity index (χ2v) is 5.33. The van der Waals surface area contributed by atoms with Gasteiger partial charge in [0.15, 0.2) is 5.96 Å². The normalized spacial score (nSPS) is 16.8. The van der Waals surface area contributed by atoms with Gasteiger partial charge in [-0.05, 0) is 57.4 Å². The summed E-state index contributed by atoms with van der Waals surface area (Å²) in [7, 11) is 0. The molecule has 1 aromatic rings. The minimum absolute atomic E-state index is 0.208. The van der Waals surface area contributed by atoms with Gasteiger partial charge in [0.25, 0.3) is 0 Å². The van der Waals surface area contributed by atoms with Crippen molar-refractivity contribution in [1.29, 1.82) is 0 Å². The van der Waals surface area contributed by atoms with Gasteiger partial charge in [-0.15, -0.1) is 0 Å². The molecule has 0 amide bonds. The van der Waals surface area contributed by atoms with Crippen LogP contribution in [0.5, 0.6) is 0 Å². The quantitative estimate of drug-likeness (QED) is 0.649. The van der Waals surface area contributed by atoms with Crippen LogP contribution in [0.2, 0.25) is 0 Å². The number of piperidine rings is 1. The predicted molar refractivity (Wildman–Crippen MR) is 82.9 cm³/mol. The molecule has 0 radical (unpaired) electrons. The van der Waals surface area contributed by atoms with E-state index in [0.29, 0.717) is 5.96 Å². The van der Waals surface area contributed by atoms with E-state index in [1.54, 1.807) is 0 Å². The van der Waals surface area contributed by atoms with E-state index in [9.17, 15) is 0 Å². The van der Waals surface area contributed by atoms with Gasteiger partial charge in [-0.25, -0.2) is 0 Å². The summed E-state index contributed by atoms with van der Waals surface area (Å²) in [4.78, 5) is 6.70. The first-order valence-corrected chi connectivity index (χ1v) is 7.10. The van der Waals surface area contributed by atoms with Crippen LogP contribution < -0.4 is 16.0 Å². The molecule has 1 fully saturated rings. The second-order valence-electron chi connectivity index (χ2n) is 5.33. The molecular formula is C15H24N4. The number of nitrogens with two attached hydrogens (primary N) is 1. The van der Waals surface area contributed by atoms with Crippen molar-refractivity contribution in [3.05, 3.63) is 24.3 Å². The summed E-state index contributed by atoms with van der Waals surface area (Å²) < 4.78 is 0. The smallest absolute Gasteiger partial charge is 0.193 e. The van der Waals surface area contributed by atoms with Gasteiger partial charge >= 0.3 is 0 Å². The van der Waals surface area contributed by atoms with E-state index in [-0.39, 0.29) is 6.04 Å². The Morgan fingerprint density at radius 2 is 1.79 bits per heavy atom. The van der Waals surface area contributed by atoms with E-state index in [1.165, 1.54) is 38.0 Å². The molecule has 1 heterocycles. The van der Waals surface area contributed by atoms with Crippen LogP contribution in [-0.2, 0) is 0 Å². The van der Waals surface area contributed by atoms with Crippen molar-refractivity contribution in [2.75, 3.05) is 23.3 Å². The molecule has 0 bridgehead atoms. The van der Waals surface area contributed by atoms with E-state index in [4.69, 9.17) is 5.73 Å². The van der Waals surface area contributed by atoms with Gasteiger partial charge in [-0.3, -0.25) is 4.99 Å². The summed E-state index contributed by atoms with van der Waals surface area (Å²) in [5.74, 6) is 0.473. The lowest BCUT2D eigenvalue weighted by atomic mass is 10.1. The maximum atomic E-state index is 5.82. The SMILES string of the molecule is CC(C)N=C(N)Nc1ccc(N2CCCCC2)cc1. The molecule has 19 heavy (non-hydrogen) atoms. The van der Waals surface area contributed by atoms with Crippen LogP contribution in [0, 0.1) is 0 Å². The molecule has 0 aromatic heterocycles. The van der Waals surface area contributed by atoms with E-state index >= 15 is 0 Å². The Morgan fingerprint density at radius 1 is 1.16 bits per heavy atom. The average molecular weight is 260 g/mol. The van der Waals surface area contributed by atoms with Crippen LogP contribution in [0.4, 0.5) is 11.4 Å². The third-order valence-electron chi connectivity index (χ3n) is 3.26. The molecule has 4 nitrogen and oxygen atoms in total. The molecule has 2 rings (SSSR count). The number of rotatable bonds is 3. The molecule has 0 saturated carbocycles. The third-order valence-corrected chi connectivity index (χ3v) is 3.26. The van der Waals surface area contributed by atoms with Gasteiger partial charge < -0.3 is 16.0 Å². The molecule has 1 saturated heterocycles. The number of hydrogen-bond acceptors (Lipinski definition) is 2. The first-order chi connectivity index (χ1) is 9.15. The highest BCUT2D eigenvalue weighted by Gasteiger charge is 2.10. The maximum absolute atomic E-state index is 5.82. The Morgan fingerprint density at radius 3 is 2.37 bits per heavy atom. The van der Waals surface area contributed by atoms with Crippen LogP contribution in [0.15, 0.2) is 29.3 Å². The molecule has 1 aliphatic rings. The lowest BCUT2D eigenvalue weighted by Gasteiger charge is -2.28. The van der Waals surface area contributed by atoms with Crippen LogP contribution in [0.3, 0.4) is 0 Å². The molecule has 0 atom stereocenters. The largest absolute Gasteiger partial charge is 0.372 e. The Hall–Kier alpha value is -1.71. The fourth-order valence-electron chi connectivity index (χ4n) is 2.37. The van der Waals surface area contributed by atoms with Crippen LogP contribution in [-0.4, -0.2) is 25.1 Å². The Labute approximate surface area is 115 Å². The van der Waals surface area contributed by atoms with Crippen LogP contribution in [0.25, 0.3) is 0 Å². The molecule has 0 unspecified atom stereocenters. The van der Waals surface area contributed by atoms with Crippen molar-refractivity contribution in [3.8, 4) is 0 Å². The predicted octanol–water partition coefficient (Wildman–Crippen LogP) is 2.81. The van der Waals surface area contributed by atoms with Gasteiger partial charge in [0.05, 0.1) is 0 Å². The molecule has 0 spiro atoms. The fourth-order valence-corrected chi connectivity index (χ4v) is 2.37. The Bertz CT molecular complexity index is 416. The van der Waals surface area contributed by atoms with Crippen molar-refractivity contribution in [1.82, 2.24) is 0 Å². The summed E-state index contributed by atoms with van der Waals surface area (Å²) in [6.45, 7) is 6.36. The number of anilines is 2. The number of benzene rings is 1. The van der Waals surface area contributed by atoms with Crippen molar-refractivity contribution >= 4 is 17.3 Å². The summed E-state index contributed by atoms with van der Waals surface area (Å²) in [5.41, 5.74) is 8.10. The average Bonchev–Trinajstić information content (AvgIpc) is 2.39. The van der Waals surface area contributed by atoms with Crippen LogP contribution >= 0.6 is 0 Å². The molecule has 0 aliphatic carbocycles. The minimum Gasteiger partial charge on any atom is -0.372 e. The summed E-state index contributed by atoms with van der Waals surface area (Å²) in [6, 6.07) is 8.63. The summed E-state index contributed by atoms with van der Waals surface area (Å²) >= 11 is 0. The molecule has 104 valence electrons. The van der Waals surface area contributed by atoms with E-state index in [1.807, 2.05) is 13.8 Å². The Balaban J connectivity index is 1.98. The second kappa shape index (κ2) is 6.45. The van der Waals surface area contributed by atoms with Gasteiger partial charge in [0, 0.05) is 30.5 Å². The fraction of sp³-hybridized carbons (Fsp3) is 0.533. The van der Waals surface area contributed by atoms with Crippen molar-refractivity contribution < 1.29 is 0 Å². The topological polar surface area (TPSA) is 53.6 Å². The third kappa shape index (κ3) is 4.16. The maximum Gasteiger partial charge on any atom is 0.193 e. The molecular weight excluding hydrogens is 236 g/mol. The zero-order valence-corrected chi connectivity index (χ0v) is 11.9. The number of nitrogens with zero attached hydrogens (tertiary/aromatic N) is 2. The highest BCUT2D eigenvalue weighted by atomic mass is 15.1. The molecule has 4 heteroatoms.